The van der Waals surface area contributed by atoms with Crippen molar-refractivity contribution in [3.05, 3.63) is 0 Å². The van der Waals surface area contributed by atoms with Crippen LogP contribution in [0.2, 0.25) is 0 Å². The molecule has 4 nitrogen and oxygen atoms in total. The minimum absolute atomic E-state index is 0.278. The van der Waals surface area contributed by atoms with Crippen LogP contribution >= 0.6 is 11.8 Å². The van der Waals surface area contributed by atoms with Crippen molar-refractivity contribution in [1.29, 1.82) is 0 Å². The van der Waals surface area contributed by atoms with E-state index in [1.165, 1.54) is 11.8 Å². The zero-order valence-electron chi connectivity index (χ0n) is 6.66. The minimum atomic E-state index is -0.567. The van der Waals surface area contributed by atoms with Crippen molar-refractivity contribution in [2.45, 2.75) is 6.92 Å². The minimum Gasteiger partial charge on any atom is -0.448 e. The molecule has 64 valence electrons. The van der Waals surface area contributed by atoms with Crippen LogP contribution in [0.1, 0.15) is 6.92 Å². The zero-order chi connectivity index (χ0) is 8.69. The standard InChI is InChI=1S/C6H12N2O2S/c1-3-10-6(9)8-5(4-7)11-2/h3-4,7H2,1-2H3/b8-5-. The van der Waals surface area contributed by atoms with Crippen LogP contribution in [-0.4, -0.2) is 30.5 Å². The van der Waals surface area contributed by atoms with Gasteiger partial charge in [-0.3, -0.25) is 0 Å². The molecule has 0 aliphatic carbocycles. The normalized spacial score (nSPS) is 11.4. The Balaban J connectivity index is 3.93. The van der Waals surface area contributed by atoms with Crippen molar-refractivity contribution in [3.8, 4) is 0 Å². The molecule has 0 heterocycles. The van der Waals surface area contributed by atoms with Crippen LogP contribution in [-0.2, 0) is 4.74 Å². The molecule has 0 aromatic carbocycles. The van der Waals surface area contributed by atoms with Gasteiger partial charge in [-0.15, -0.1) is 11.8 Å². The van der Waals surface area contributed by atoms with Gasteiger partial charge in [0.15, 0.2) is 0 Å². The number of amides is 1. The number of nitrogens with two attached hydrogens (primary N) is 1. The van der Waals surface area contributed by atoms with Crippen LogP contribution in [0.3, 0.4) is 0 Å². The van der Waals surface area contributed by atoms with Gasteiger partial charge < -0.3 is 10.5 Å². The molecular formula is C6H12N2O2S. The van der Waals surface area contributed by atoms with Crippen LogP contribution in [0.25, 0.3) is 0 Å². The predicted molar refractivity (Wildman–Crippen MR) is 47.0 cm³/mol. The molecule has 0 aliphatic rings. The molecule has 0 saturated heterocycles. The maximum absolute atomic E-state index is 10.7. The number of carbonyl (C=O) groups is 1. The van der Waals surface area contributed by atoms with Gasteiger partial charge in [0.05, 0.1) is 11.7 Å². The number of rotatable bonds is 2. The van der Waals surface area contributed by atoms with Crippen LogP contribution < -0.4 is 5.73 Å². The molecule has 1 amide bonds. The van der Waals surface area contributed by atoms with Gasteiger partial charge in [0.2, 0.25) is 0 Å². The molecule has 0 atom stereocenters. The molecule has 11 heavy (non-hydrogen) atoms. The molecule has 0 bridgehead atoms. The number of carbonyl (C=O) groups excluding carboxylic acids is 1. The number of hydrogen-bond donors (Lipinski definition) is 1. The largest absolute Gasteiger partial charge is 0.448 e. The molecule has 5 heteroatoms. The highest BCUT2D eigenvalue weighted by Gasteiger charge is 1.99. The Morgan fingerprint density at radius 1 is 1.73 bits per heavy atom. The second-order valence-corrected chi connectivity index (χ2v) is 2.49. The van der Waals surface area contributed by atoms with Gasteiger partial charge in [0, 0.05) is 6.54 Å². The van der Waals surface area contributed by atoms with Crippen molar-refractivity contribution >= 4 is 22.9 Å². The Morgan fingerprint density at radius 3 is 2.73 bits per heavy atom. The van der Waals surface area contributed by atoms with E-state index in [0.29, 0.717) is 11.7 Å². The summed E-state index contributed by atoms with van der Waals surface area (Å²) in [5, 5.41) is 0.587. The van der Waals surface area contributed by atoms with Gasteiger partial charge in [-0.25, -0.2) is 4.79 Å². The highest BCUT2D eigenvalue weighted by molar-refractivity contribution is 8.13. The molecule has 0 unspecified atom stereocenters. The third kappa shape index (κ3) is 4.80. The molecule has 0 fully saturated rings. The predicted octanol–water partition coefficient (Wildman–Crippen LogP) is 0.863. The number of ether oxygens (including phenoxy) is 1. The highest BCUT2D eigenvalue weighted by Crippen LogP contribution is 1.97. The Kier molecular flexibility index (Phi) is 5.87. The average Bonchev–Trinajstić information content (AvgIpc) is 2.01. The molecule has 0 rings (SSSR count). The first-order chi connectivity index (χ1) is 5.24. The summed E-state index contributed by atoms with van der Waals surface area (Å²) in [6.45, 7) is 2.35. The van der Waals surface area contributed by atoms with Crippen molar-refractivity contribution < 1.29 is 9.53 Å². The Labute approximate surface area is 70.2 Å². The molecule has 0 saturated carbocycles. The number of thioether (sulfide) groups is 1. The third-order valence-electron chi connectivity index (χ3n) is 0.894. The van der Waals surface area contributed by atoms with Crippen molar-refractivity contribution in [2.24, 2.45) is 10.7 Å². The molecule has 0 aromatic heterocycles. The first kappa shape index (κ1) is 10.4. The quantitative estimate of drug-likeness (QED) is 0.500. The molecular weight excluding hydrogens is 164 g/mol. The van der Waals surface area contributed by atoms with Gasteiger partial charge in [0.1, 0.15) is 0 Å². The lowest BCUT2D eigenvalue weighted by Gasteiger charge is -1.98. The number of nitrogens with zero attached hydrogens (tertiary/aromatic N) is 1. The molecule has 0 radical (unpaired) electrons. The lowest BCUT2D eigenvalue weighted by atomic mass is 10.7. The first-order valence-corrected chi connectivity index (χ1v) is 4.45. The fraction of sp³-hybridized carbons (Fsp3) is 0.667. The number of hydrogen-bond acceptors (Lipinski definition) is 4. The number of aliphatic imine (C=N–C) groups is 1. The van der Waals surface area contributed by atoms with Crippen LogP contribution in [0.15, 0.2) is 4.99 Å². The maximum Gasteiger partial charge on any atom is 0.434 e. The van der Waals surface area contributed by atoms with E-state index in [1.807, 2.05) is 6.26 Å². The summed E-state index contributed by atoms with van der Waals surface area (Å²) in [7, 11) is 0. The van der Waals surface area contributed by atoms with Crippen LogP contribution in [0.4, 0.5) is 4.79 Å². The molecule has 2 N–H and O–H groups in total. The van der Waals surface area contributed by atoms with Crippen molar-refractivity contribution in [2.75, 3.05) is 19.4 Å². The van der Waals surface area contributed by atoms with E-state index in [2.05, 4.69) is 9.73 Å². The molecule has 0 spiro atoms. The SMILES string of the molecule is CCOC(=O)/N=C(/CN)SC. The Hall–Kier alpha value is -0.550. The summed E-state index contributed by atoms with van der Waals surface area (Å²) in [4.78, 5) is 14.3. The smallest absolute Gasteiger partial charge is 0.434 e. The topological polar surface area (TPSA) is 64.7 Å². The van der Waals surface area contributed by atoms with E-state index < -0.39 is 6.09 Å². The summed E-state index contributed by atoms with van der Waals surface area (Å²) in [5.74, 6) is 0. The van der Waals surface area contributed by atoms with Crippen molar-refractivity contribution in [1.82, 2.24) is 0 Å². The Morgan fingerprint density at radius 2 is 2.36 bits per heavy atom. The molecule has 0 aromatic rings. The summed E-state index contributed by atoms with van der Waals surface area (Å²) in [6, 6.07) is 0. The van der Waals surface area contributed by atoms with Gasteiger partial charge in [-0.1, -0.05) is 0 Å². The summed E-state index contributed by atoms with van der Waals surface area (Å²) < 4.78 is 4.58. The third-order valence-corrected chi connectivity index (χ3v) is 1.62. The lowest BCUT2D eigenvalue weighted by molar-refractivity contribution is 0.163. The fourth-order valence-corrected chi connectivity index (χ4v) is 0.765. The highest BCUT2D eigenvalue weighted by atomic mass is 32.2. The van der Waals surface area contributed by atoms with E-state index in [9.17, 15) is 4.79 Å². The van der Waals surface area contributed by atoms with E-state index >= 15 is 0 Å². The van der Waals surface area contributed by atoms with Gasteiger partial charge in [-0.05, 0) is 13.2 Å². The van der Waals surface area contributed by atoms with Gasteiger partial charge in [-0.2, -0.15) is 4.99 Å². The van der Waals surface area contributed by atoms with E-state index in [0.717, 1.165) is 0 Å². The fourth-order valence-electron chi connectivity index (χ4n) is 0.432. The van der Waals surface area contributed by atoms with Gasteiger partial charge in [0.25, 0.3) is 0 Å². The molecule has 0 aliphatic heterocycles. The van der Waals surface area contributed by atoms with Crippen LogP contribution in [0.5, 0.6) is 0 Å². The van der Waals surface area contributed by atoms with E-state index in [-0.39, 0.29) is 6.54 Å². The van der Waals surface area contributed by atoms with E-state index in [4.69, 9.17) is 5.73 Å². The van der Waals surface area contributed by atoms with E-state index in [1.54, 1.807) is 6.92 Å². The Bertz CT molecular complexity index is 153. The maximum atomic E-state index is 10.7. The summed E-state index contributed by atoms with van der Waals surface area (Å²) >= 11 is 1.35. The summed E-state index contributed by atoms with van der Waals surface area (Å²) in [5.41, 5.74) is 5.27. The first-order valence-electron chi connectivity index (χ1n) is 3.23. The second kappa shape index (κ2) is 6.18. The lowest BCUT2D eigenvalue weighted by Crippen LogP contribution is -2.12. The monoisotopic (exact) mass is 176 g/mol. The average molecular weight is 176 g/mol. The summed E-state index contributed by atoms with van der Waals surface area (Å²) in [6.07, 6.45) is 1.24. The zero-order valence-corrected chi connectivity index (χ0v) is 7.48. The van der Waals surface area contributed by atoms with Crippen LogP contribution in [0, 0.1) is 0 Å². The second-order valence-electron chi connectivity index (χ2n) is 1.61. The van der Waals surface area contributed by atoms with Gasteiger partial charge >= 0.3 is 6.09 Å². The van der Waals surface area contributed by atoms with Crippen molar-refractivity contribution in [3.63, 3.8) is 0 Å².